The maximum atomic E-state index is 10.8. The van der Waals surface area contributed by atoms with Gasteiger partial charge in [-0.1, -0.05) is 38.1 Å². The molecule has 0 atom stereocenters. The summed E-state index contributed by atoms with van der Waals surface area (Å²) in [6.45, 7) is 4.32. The fourth-order valence-corrected chi connectivity index (χ4v) is 1.91. The first-order valence-electron chi connectivity index (χ1n) is 5.85. The summed E-state index contributed by atoms with van der Waals surface area (Å²) < 4.78 is 0. The van der Waals surface area contributed by atoms with Gasteiger partial charge in [0.25, 0.3) is 0 Å². The number of benzene rings is 1. The highest BCUT2D eigenvalue weighted by Gasteiger charge is 2.17. The first kappa shape index (κ1) is 12.3. The zero-order valence-electron chi connectivity index (χ0n) is 10.4. The van der Waals surface area contributed by atoms with Gasteiger partial charge in [0.15, 0.2) is 0 Å². The summed E-state index contributed by atoms with van der Waals surface area (Å²) in [6.07, 6.45) is 2.24. The molecule has 0 saturated carbocycles. The minimum Gasteiger partial charge on any atom is -0.271 e. The molecule has 0 aliphatic carbocycles. The SMILES string of the molecule is CC(C)Cc1ccc(-c2[nH]ncc2[N+](=O)[O-])cc1. The number of aromatic nitrogens is 2. The molecule has 18 heavy (non-hydrogen) atoms. The monoisotopic (exact) mass is 245 g/mol. The predicted molar refractivity (Wildman–Crippen MR) is 69.2 cm³/mol. The van der Waals surface area contributed by atoms with Crippen LogP contribution in [0.1, 0.15) is 19.4 Å². The van der Waals surface area contributed by atoms with E-state index < -0.39 is 4.92 Å². The molecule has 0 unspecified atom stereocenters. The van der Waals surface area contributed by atoms with Crippen molar-refractivity contribution in [2.75, 3.05) is 0 Å². The van der Waals surface area contributed by atoms with E-state index >= 15 is 0 Å². The number of hydrogen-bond donors (Lipinski definition) is 1. The second-order valence-electron chi connectivity index (χ2n) is 4.68. The Labute approximate surface area is 105 Å². The minimum atomic E-state index is -0.430. The van der Waals surface area contributed by atoms with Gasteiger partial charge in [0.1, 0.15) is 11.9 Å². The molecule has 1 N–H and O–H groups in total. The van der Waals surface area contributed by atoms with Gasteiger partial charge in [0.2, 0.25) is 0 Å². The van der Waals surface area contributed by atoms with Gasteiger partial charge in [-0.25, -0.2) is 0 Å². The van der Waals surface area contributed by atoms with Crippen LogP contribution in [0.25, 0.3) is 11.3 Å². The van der Waals surface area contributed by atoms with Gasteiger partial charge in [0, 0.05) is 5.56 Å². The topological polar surface area (TPSA) is 71.8 Å². The van der Waals surface area contributed by atoms with Crippen LogP contribution in [0.2, 0.25) is 0 Å². The Morgan fingerprint density at radius 3 is 2.56 bits per heavy atom. The lowest BCUT2D eigenvalue weighted by Gasteiger charge is -2.05. The Hall–Kier alpha value is -2.17. The van der Waals surface area contributed by atoms with Crippen molar-refractivity contribution in [3.05, 3.63) is 46.1 Å². The number of hydrogen-bond acceptors (Lipinski definition) is 3. The van der Waals surface area contributed by atoms with Gasteiger partial charge in [-0.05, 0) is 17.9 Å². The van der Waals surface area contributed by atoms with Crippen LogP contribution in [0, 0.1) is 16.0 Å². The van der Waals surface area contributed by atoms with E-state index in [1.807, 2.05) is 24.3 Å². The molecule has 0 aliphatic heterocycles. The van der Waals surface area contributed by atoms with Crippen LogP contribution in [0.4, 0.5) is 5.69 Å². The molecule has 1 aromatic heterocycles. The van der Waals surface area contributed by atoms with Gasteiger partial charge in [0.05, 0.1) is 4.92 Å². The Balaban J connectivity index is 2.29. The highest BCUT2D eigenvalue weighted by Crippen LogP contribution is 2.27. The lowest BCUT2D eigenvalue weighted by molar-refractivity contribution is -0.384. The first-order chi connectivity index (χ1) is 8.58. The van der Waals surface area contributed by atoms with E-state index in [4.69, 9.17) is 0 Å². The lowest BCUT2D eigenvalue weighted by atomic mass is 10.0. The van der Waals surface area contributed by atoms with E-state index in [0.29, 0.717) is 11.6 Å². The van der Waals surface area contributed by atoms with Crippen molar-refractivity contribution in [2.45, 2.75) is 20.3 Å². The minimum absolute atomic E-state index is 0.00612. The smallest absolute Gasteiger partial charge is 0.271 e. The molecule has 0 amide bonds. The molecular formula is C13H15N3O2. The molecule has 0 bridgehead atoms. The summed E-state index contributed by atoms with van der Waals surface area (Å²) in [5.41, 5.74) is 2.48. The highest BCUT2D eigenvalue weighted by molar-refractivity contribution is 5.68. The predicted octanol–water partition coefficient (Wildman–Crippen LogP) is 3.18. The van der Waals surface area contributed by atoms with Crippen molar-refractivity contribution in [3.8, 4) is 11.3 Å². The highest BCUT2D eigenvalue weighted by atomic mass is 16.6. The maximum Gasteiger partial charge on any atom is 0.314 e. The van der Waals surface area contributed by atoms with Gasteiger partial charge < -0.3 is 0 Å². The maximum absolute atomic E-state index is 10.8. The summed E-state index contributed by atoms with van der Waals surface area (Å²) in [7, 11) is 0. The van der Waals surface area contributed by atoms with Crippen LogP contribution in [0.15, 0.2) is 30.5 Å². The van der Waals surface area contributed by atoms with Crippen molar-refractivity contribution < 1.29 is 4.92 Å². The molecule has 2 aromatic rings. The molecule has 0 radical (unpaired) electrons. The molecule has 2 rings (SSSR count). The number of nitrogens with one attached hydrogen (secondary N) is 1. The van der Waals surface area contributed by atoms with Crippen LogP contribution in [0.5, 0.6) is 0 Å². The standard InChI is InChI=1S/C13H15N3O2/c1-9(2)7-10-3-5-11(6-4-10)13-12(16(17)18)8-14-15-13/h3-6,8-9H,7H2,1-2H3,(H,14,15). The van der Waals surface area contributed by atoms with Crippen molar-refractivity contribution >= 4 is 5.69 Å². The van der Waals surface area contributed by atoms with E-state index in [1.54, 1.807) is 0 Å². The summed E-state index contributed by atoms with van der Waals surface area (Å²) >= 11 is 0. The second kappa shape index (κ2) is 5.00. The van der Waals surface area contributed by atoms with Gasteiger partial charge in [-0.3, -0.25) is 15.2 Å². The average molecular weight is 245 g/mol. The summed E-state index contributed by atoms with van der Waals surface area (Å²) in [5.74, 6) is 0.595. The van der Waals surface area contributed by atoms with Crippen molar-refractivity contribution in [1.82, 2.24) is 10.2 Å². The number of aromatic amines is 1. The molecule has 5 heteroatoms. The van der Waals surface area contributed by atoms with E-state index in [9.17, 15) is 10.1 Å². The third kappa shape index (κ3) is 2.56. The summed E-state index contributed by atoms with van der Waals surface area (Å²) in [4.78, 5) is 10.4. The summed E-state index contributed by atoms with van der Waals surface area (Å²) in [5, 5.41) is 17.2. The normalized spacial score (nSPS) is 10.8. The molecule has 0 spiro atoms. The first-order valence-corrected chi connectivity index (χ1v) is 5.85. The summed E-state index contributed by atoms with van der Waals surface area (Å²) in [6, 6.07) is 7.77. The van der Waals surface area contributed by atoms with Gasteiger partial charge in [-0.15, -0.1) is 0 Å². The number of rotatable bonds is 4. The van der Waals surface area contributed by atoms with Crippen molar-refractivity contribution in [1.29, 1.82) is 0 Å². The van der Waals surface area contributed by atoms with Gasteiger partial charge >= 0.3 is 5.69 Å². The quantitative estimate of drug-likeness (QED) is 0.664. The molecule has 1 heterocycles. The van der Waals surface area contributed by atoms with Crippen LogP contribution >= 0.6 is 0 Å². The van der Waals surface area contributed by atoms with E-state index in [2.05, 4.69) is 24.0 Å². The largest absolute Gasteiger partial charge is 0.314 e. The molecule has 1 aromatic carbocycles. The fourth-order valence-electron chi connectivity index (χ4n) is 1.91. The third-order valence-corrected chi connectivity index (χ3v) is 2.70. The molecular weight excluding hydrogens is 230 g/mol. The zero-order valence-corrected chi connectivity index (χ0v) is 10.4. The van der Waals surface area contributed by atoms with Gasteiger partial charge in [-0.2, -0.15) is 5.10 Å². The van der Waals surface area contributed by atoms with Crippen LogP contribution in [-0.2, 0) is 6.42 Å². The molecule has 0 fully saturated rings. The van der Waals surface area contributed by atoms with Crippen molar-refractivity contribution in [2.24, 2.45) is 5.92 Å². The number of nitrogens with zero attached hydrogens (tertiary/aromatic N) is 2. The Kier molecular flexibility index (Phi) is 3.41. The third-order valence-electron chi connectivity index (χ3n) is 2.70. The van der Waals surface area contributed by atoms with E-state index in [-0.39, 0.29) is 5.69 Å². The molecule has 94 valence electrons. The zero-order chi connectivity index (χ0) is 13.1. The fraction of sp³-hybridized carbons (Fsp3) is 0.308. The second-order valence-corrected chi connectivity index (χ2v) is 4.68. The Morgan fingerprint density at radius 1 is 1.33 bits per heavy atom. The number of nitro groups is 1. The molecule has 0 aliphatic rings. The Morgan fingerprint density at radius 2 is 2.00 bits per heavy atom. The van der Waals surface area contributed by atoms with Crippen LogP contribution in [-0.4, -0.2) is 15.1 Å². The lowest BCUT2D eigenvalue weighted by Crippen LogP contribution is -1.94. The molecule has 5 nitrogen and oxygen atoms in total. The average Bonchev–Trinajstić information content (AvgIpc) is 2.78. The van der Waals surface area contributed by atoms with E-state index in [1.165, 1.54) is 11.8 Å². The Bertz CT molecular complexity index is 544. The van der Waals surface area contributed by atoms with Crippen LogP contribution in [0.3, 0.4) is 0 Å². The van der Waals surface area contributed by atoms with Crippen molar-refractivity contribution in [3.63, 3.8) is 0 Å². The van der Waals surface area contributed by atoms with Crippen LogP contribution < -0.4 is 0 Å². The molecule has 0 saturated heterocycles. The number of H-pyrrole nitrogens is 1. The van der Waals surface area contributed by atoms with E-state index in [0.717, 1.165) is 12.0 Å².